The van der Waals surface area contributed by atoms with Crippen LogP contribution in [-0.4, -0.2) is 7.28 Å². The van der Waals surface area contributed by atoms with Gasteiger partial charge in [0.25, 0.3) is 0 Å². The maximum atomic E-state index is 6.32. The predicted octanol–water partition coefficient (Wildman–Crippen LogP) is 11.9. The molecule has 4 heteroatoms. The Kier molecular flexibility index (Phi) is 6.39. The molecule has 0 atom stereocenters. The van der Waals surface area contributed by atoms with Gasteiger partial charge in [-0.2, -0.15) is 0 Å². The Hall–Kier alpha value is -6.52. The topological polar surface area (TPSA) is 28.4 Å². The van der Waals surface area contributed by atoms with E-state index in [1.54, 1.807) is 0 Å². The first kappa shape index (κ1) is 30.1. The van der Waals surface area contributed by atoms with Crippen LogP contribution in [0.25, 0.3) is 55.0 Å². The molecular formula is C49H34BN2O. The third kappa shape index (κ3) is 4.48. The molecule has 3 nitrogen and oxygen atoms in total. The molecule has 0 spiro atoms. The third-order valence-electron chi connectivity index (χ3n) is 11.4. The van der Waals surface area contributed by atoms with Gasteiger partial charge in [-0.15, -0.1) is 0 Å². The van der Waals surface area contributed by atoms with E-state index in [0.29, 0.717) is 0 Å². The predicted molar refractivity (Wildman–Crippen MR) is 224 cm³/mol. The van der Waals surface area contributed by atoms with Crippen molar-refractivity contribution in [3.05, 3.63) is 175 Å². The molecule has 0 saturated heterocycles. The second-order valence-electron chi connectivity index (χ2n) is 14.8. The van der Waals surface area contributed by atoms with Gasteiger partial charge in [0.15, 0.2) is 7.28 Å². The summed E-state index contributed by atoms with van der Waals surface area (Å²) in [4.78, 5) is 2.53. The van der Waals surface area contributed by atoms with Crippen molar-refractivity contribution in [1.82, 2.24) is 0 Å². The standard InChI is InChI=1S/C49H34BN2O/c1-49(2)37-19-9-10-23-42(37)52-43-29-33(30-14-4-3-5-15-30)27-36(47(43)50-39-21-12-20-38(49)48(39)52)35-26-31-16-6-7-17-32(31)28-41(35)51-40-22-13-25-45-46(40)34-18-8-11-24-44(34)53-45/h3-29,51H,1-2H3. The number of furan rings is 1. The lowest BCUT2D eigenvalue weighted by molar-refractivity contribution is 0.632. The maximum absolute atomic E-state index is 6.32. The van der Waals surface area contributed by atoms with Crippen molar-refractivity contribution in [2.45, 2.75) is 19.3 Å². The van der Waals surface area contributed by atoms with Crippen molar-refractivity contribution in [3.63, 3.8) is 0 Å². The molecule has 0 saturated carbocycles. The number of nitrogens with zero attached hydrogens (tertiary/aromatic N) is 1. The van der Waals surface area contributed by atoms with E-state index in [1.165, 1.54) is 66.6 Å². The molecule has 9 aromatic rings. The molecule has 8 aromatic carbocycles. The lowest BCUT2D eigenvalue weighted by atomic mass is 9.55. The zero-order valence-electron chi connectivity index (χ0n) is 29.5. The van der Waals surface area contributed by atoms with E-state index in [2.05, 4.69) is 183 Å². The minimum Gasteiger partial charge on any atom is -0.456 e. The molecule has 0 unspecified atom stereocenters. The van der Waals surface area contributed by atoms with Gasteiger partial charge in [-0.3, -0.25) is 0 Å². The van der Waals surface area contributed by atoms with Gasteiger partial charge >= 0.3 is 0 Å². The Morgan fingerprint density at radius 1 is 0.547 bits per heavy atom. The molecule has 249 valence electrons. The highest BCUT2D eigenvalue weighted by Gasteiger charge is 2.41. The SMILES string of the molecule is CC1(C)c2ccccc2N2c3cc(-c4ccccc4)cc(-c4cc5ccccc5cc4Nc4cccc5oc6ccccc6c45)c3[B]c3cccc1c32. The summed E-state index contributed by atoms with van der Waals surface area (Å²) < 4.78 is 6.32. The molecule has 0 fully saturated rings. The number of anilines is 5. The summed E-state index contributed by atoms with van der Waals surface area (Å²) in [5, 5.41) is 8.52. The molecular weight excluding hydrogens is 643 g/mol. The Balaban J connectivity index is 1.21. The monoisotopic (exact) mass is 677 g/mol. The highest BCUT2D eigenvalue weighted by molar-refractivity contribution is 6.73. The van der Waals surface area contributed by atoms with Crippen molar-refractivity contribution in [3.8, 4) is 22.3 Å². The molecule has 2 aliphatic rings. The van der Waals surface area contributed by atoms with E-state index < -0.39 is 0 Å². The van der Waals surface area contributed by atoms with E-state index in [4.69, 9.17) is 4.42 Å². The zero-order valence-corrected chi connectivity index (χ0v) is 29.5. The molecule has 1 radical (unpaired) electrons. The van der Waals surface area contributed by atoms with Crippen LogP contribution in [0.4, 0.5) is 28.4 Å². The van der Waals surface area contributed by atoms with E-state index in [9.17, 15) is 0 Å². The van der Waals surface area contributed by atoms with Crippen LogP contribution >= 0.6 is 0 Å². The highest BCUT2D eigenvalue weighted by Crippen LogP contribution is 2.53. The minimum atomic E-state index is -0.142. The van der Waals surface area contributed by atoms with Gasteiger partial charge in [-0.05, 0) is 92.6 Å². The van der Waals surface area contributed by atoms with Gasteiger partial charge < -0.3 is 14.6 Å². The van der Waals surface area contributed by atoms with Crippen LogP contribution in [0.3, 0.4) is 0 Å². The molecule has 3 heterocycles. The summed E-state index contributed by atoms with van der Waals surface area (Å²) in [6.07, 6.45) is 0. The van der Waals surface area contributed by atoms with Gasteiger partial charge in [0.1, 0.15) is 11.2 Å². The highest BCUT2D eigenvalue weighted by atomic mass is 16.3. The van der Waals surface area contributed by atoms with Crippen molar-refractivity contribution >= 4 is 79.4 Å². The smallest absolute Gasteiger partial charge is 0.197 e. The summed E-state index contributed by atoms with van der Waals surface area (Å²) in [5.41, 5.74) is 17.2. The number of rotatable bonds is 4. The second-order valence-corrected chi connectivity index (χ2v) is 14.8. The number of fused-ring (bicyclic) bond motifs is 8. The molecule has 0 bridgehead atoms. The summed E-state index contributed by atoms with van der Waals surface area (Å²) in [6, 6.07) is 59.2. The van der Waals surface area contributed by atoms with Crippen LogP contribution in [-0.2, 0) is 5.41 Å². The average Bonchev–Trinajstić information content (AvgIpc) is 3.59. The number of hydrogen-bond donors (Lipinski definition) is 1. The summed E-state index contributed by atoms with van der Waals surface area (Å²) in [5.74, 6) is 0. The average molecular weight is 678 g/mol. The second kappa shape index (κ2) is 11.2. The van der Waals surface area contributed by atoms with E-state index in [0.717, 1.165) is 38.9 Å². The maximum Gasteiger partial charge on any atom is 0.197 e. The largest absolute Gasteiger partial charge is 0.456 e. The van der Waals surface area contributed by atoms with Gasteiger partial charge in [0, 0.05) is 33.4 Å². The quantitative estimate of drug-likeness (QED) is 0.188. The summed E-state index contributed by atoms with van der Waals surface area (Å²) in [7, 11) is 2.42. The van der Waals surface area contributed by atoms with Crippen LogP contribution in [0.5, 0.6) is 0 Å². The van der Waals surface area contributed by atoms with Crippen LogP contribution < -0.4 is 21.1 Å². The Morgan fingerprint density at radius 2 is 1.26 bits per heavy atom. The molecule has 1 N–H and O–H groups in total. The fraction of sp³-hybridized carbons (Fsp3) is 0.0612. The van der Waals surface area contributed by atoms with Crippen molar-refractivity contribution < 1.29 is 4.42 Å². The van der Waals surface area contributed by atoms with Crippen LogP contribution in [0.1, 0.15) is 25.0 Å². The molecule has 0 amide bonds. The van der Waals surface area contributed by atoms with E-state index in [1.807, 2.05) is 12.1 Å². The van der Waals surface area contributed by atoms with E-state index in [-0.39, 0.29) is 5.41 Å². The first-order valence-corrected chi connectivity index (χ1v) is 18.3. The molecule has 2 aliphatic heterocycles. The van der Waals surface area contributed by atoms with Crippen LogP contribution in [0.15, 0.2) is 168 Å². The van der Waals surface area contributed by atoms with E-state index >= 15 is 0 Å². The molecule has 0 aliphatic carbocycles. The Bertz CT molecular complexity index is 2940. The molecule has 53 heavy (non-hydrogen) atoms. The van der Waals surface area contributed by atoms with Crippen molar-refractivity contribution in [2.24, 2.45) is 0 Å². The van der Waals surface area contributed by atoms with Gasteiger partial charge in [0.05, 0.1) is 16.8 Å². The zero-order chi connectivity index (χ0) is 35.3. The van der Waals surface area contributed by atoms with Gasteiger partial charge in [-0.25, -0.2) is 0 Å². The number of hydrogen-bond acceptors (Lipinski definition) is 3. The van der Waals surface area contributed by atoms with Crippen molar-refractivity contribution in [2.75, 3.05) is 10.2 Å². The fourth-order valence-electron chi connectivity index (χ4n) is 8.89. The number of para-hydroxylation sites is 3. The lowest BCUT2D eigenvalue weighted by Gasteiger charge is -2.46. The minimum absolute atomic E-state index is 0.142. The number of nitrogens with one attached hydrogen (secondary N) is 1. The fourth-order valence-corrected chi connectivity index (χ4v) is 8.89. The van der Waals surface area contributed by atoms with Gasteiger partial charge in [0.2, 0.25) is 0 Å². The molecule has 11 rings (SSSR count). The lowest BCUT2D eigenvalue weighted by Crippen LogP contribution is -2.45. The van der Waals surface area contributed by atoms with Crippen LogP contribution in [0.2, 0.25) is 0 Å². The summed E-state index contributed by atoms with van der Waals surface area (Å²) in [6.45, 7) is 4.72. The third-order valence-corrected chi connectivity index (χ3v) is 11.4. The van der Waals surface area contributed by atoms with Crippen LogP contribution in [0, 0.1) is 0 Å². The summed E-state index contributed by atoms with van der Waals surface area (Å²) >= 11 is 0. The first-order valence-electron chi connectivity index (χ1n) is 18.3. The van der Waals surface area contributed by atoms with Crippen molar-refractivity contribution in [1.29, 1.82) is 0 Å². The first-order chi connectivity index (χ1) is 26.0. The normalized spacial score (nSPS) is 13.7. The molecule has 1 aromatic heterocycles. The number of benzene rings is 8. The van der Waals surface area contributed by atoms with Gasteiger partial charge in [-0.1, -0.05) is 135 Å². The Morgan fingerprint density at radius 3 is 2.15 bits per heavy atom. The Labute approximate surface area is 309 Å².